The van der Waals surface area contributed by atoms with Gasteiger partial charge >= 0.3 is 0 Å². The molecule has 0 saturated heterocycles. The number of sulfonamides is 1. The molecule has 8 nitrogen and oxygen atoms in total. The van der Waals surface area contributed by atoms with E-state index in [1.165, 1.54) is 25.4 Å². The van der Waals surface area contributed by atoms with Crippen LogP contribution in [0.25, 0.3) is 5.82 Å². The van der Waals surface area contributed by atoms with E-state index in [2.05, 4.69) is 19.7 Å². The number of nitrogens with one attached hydrogen (secondary N) is 1. The van der Waals surface area contributed by atoms with Crippen molar-refractivity contribution < 1.29 is 17.5 Å². The summed E-state index contributed by atoms with van der Waals surface area (Å²) >= 11 is 0. The zero-order valence-electron chi connectivity index (χ0n) is 15.7. The summed E-state index contributed by atoms with van der Waals surface area (Å²) in [6, 6.07) is 11.5. The van der Waals surface area contributed by atoms with Crippen LogP contribution in [0.5, 0.6) is 11.6 Å². The second-order valence-corrected chi connectivity index (χ2v) is 7.98. The van der Waals surface area contributed by atoms with Gasteiger partial charge in [-0.05, 0) is 55.0 Å². The Hall–Kier alpha value is -3.79. The largest absolute Gasteiger partial charge is 0.439 e. The fraction of sp³-hybridized carbons (Fsp3) is 0.0500. The third-order valence-corrected chi connectivity index (χ3v) is 5.69. The van der Waals surface area contributed by atoms with Gasteiger partial charge in [-0.3, -0.25) is 9.29 Å². The standard InChI is InChI=1S/C20H16FN5O3S/c1-14-10-15(21)2-7-18(14)30(27,28)25-16-3-5-17(6-4-16)29-20-11-19(23-12-24-20)26-9-8-22-13-26/h2-13,25H,1H3. The number of aryl methyl sites for hydroxylation is 1. The average Bonchev–Trinajstić information content (AvgIpc) is 3.24. The molecular formula is C20H16FN5O3S. The zero-order valence-corrected chi connectivity index (χ0v) is 16.5. The predicted octanol–water partition coefficient (Wildman–Crippen LogP) is 3.70. The summed E-state index contributed by atoms with van der Waals surface area (Å²) in [6.07, 6.45) is 6.36. The Bertz CT molecular complexity index is 1280. The number of hydrogen-bond donors (Lipinski definition) is 1. The van der Waals surface area contributed by atoms with Crippen LogP contribution >= 0.6 is 0 Å². The average molecular weight is 425 g/mol. The maximum Gasteiger partial charge on any atom is 0.262 e. The molecule has 30 heavy (non-hydrogen) atoms. The monoisotopic (exact) mass is 425 g/mol. The molecule has 1 N–H and O–H groups in total. The minimum Gasteiger partial charge on any atom is -0.439 e. The molecule has 2 aromatic heterocycles. The van der Waals surface area contributed by atoms with Crippen molar-refractivity contribution in [3.05, 3.63) is 85.0 Å². The van der Waals surface area contributed by atoms with Gasteiger partial charge < -0.3 is 4.74 Å². The van der Waals surface area contributed by atoms with Crippen LogP contribution in [0.15, 0.2) is 78.5 Å². The normalized spacial score (nSPS) is 11.3. The molecule has 0 radical (unpaired) electrons. The first-order chi connectivity index (χ1) is 14.4. The minimum absolute atomic E-state index is 0.0113. The van der Waals surface area contributed by atoms with Crippen LogP contribution in [-0.4, -0.2) is 27.9 Å². The Labute approximate surface area is 172 Å². The lowest BCUT2D eigenvalue weighted by Gasteiger charge is -2.11. The number of imidazole rings is 1. The molecule has 2 heterocycles. The molecule has 0 fully saturated rings. The highest BCUT2D eigenvalue weighted by Crippen LogP contribution is 2.25. The van der Waals surface area contributed by atoms with E-state index < -0.39 is 15.8 Å². The predicted molar refractivity (Wildman–Crippen MR) is 108 cm³/mol. The molecule has 0 aliphatic rings. The second kappa shape index (κ2) is 7.91. The number of rotatable bonds is 6. The lowest BCUT2D eigenvalue weighted by Crippen LogP contribution is -2.14. The fourth-order valence-corrected chi connectivity index (χ4v) is 4.04. The number of anilines is 1. The zero-order chi connectivity index (χ0) is 21.1. The SMILES string of the molecule is Cc1cc(F)ccc1S(=O)(=O)Nc1ccc(Oc2cc(-n3ccnc3)ncn2)cc1. The van der Waals surface area contributed by atoms with Gasteiger partial charge in [-0.25, -0.2) is 27.8 Å². The van der Waals surface area contributed by atoms with Crippen LogP contribution in [0.4, 0.5) is 10.1 Å². The quantitative estimate of drug-likeness (QED) is 0.506. The number of hydrogen-bond acceptors (Lipinski definition) is 6. The lowest BCUT2D eigenvalue weighted by molar-refractivity contribution is 0.461. The van der Waals surface area contributed by atoms with Gasteiger partial charge in [0.1, 0.15) is 30.0 Å². The van der Waals surface area contributed by atoms with Crippen LogP contribution in [0.3, 0.4) is 0 Å². The van der Waals surface area contributed by atoms with Gasteiger partial charge in [-0.15, -0.1) is 0 Å². The third-order valence-electron chi connectivity index (χ3n) is 4.15. The molecule has 0 bridgehead atoms. The van der Waals surface area contributed by atoms with Crippen molar-refractivity contribution in [3.63, 3.8) is 0 Å². The first-order valence-corrected chi connectivity index (χ1v) is 10.3. The van der Waals surface area contributed by atoms with Crippen LogP contribution in [0, 0.1) is 12.7 Å². The van der Waals surface area contributed by atoms with Crippen molar-refractivity contribution in [1.82, 2.24) is 19.5 Å². The van der Waals surface area contributed by atoms with Gasteiger partial charge in [0.15, 0.2) is 0 Å². The van der Waals surface area contributed by atoms with E-state index in [-0.39, 0.29) is 4.90 Å². The summed E-state index contributed by atoms with van der Waals surface area (Å²) in [5.74, 6) is 0.889. The number of nitrogens with zero attached hydrogens (tertiary/aromatic N) is 4. The highest BCUT2D eigenvalue weighted by atomic mass is 32.2. The van der Waals surface area contributed by atoms with E-state index in [0.29, 0.717) is 28.7 Å². The molecule has 0 unspecified atom stereocenters. The van der Waals surface area contributed by atoms with E-state index >= 15 is 0 Å². The van der Waals surface area contributed by atoms with Crippen LogP contribution in [0.2, 0.25) is 0 Å². The first kappa shape index (κ1) is 19.5. The Morgan fingerprint density at radius 1 is 1.07 bits per heavy atom. The maximum absolute atomic E-state index is 13.2. The van der Waals surface area contributed by atoms with Crippen molar-refractivity contribution in [3.8, 4) is 17.4 Å². The van der Waals surface area contributed by atoms with E-state index in [0.717, 1.165) is 6.07 Å². The molecule has 0 aliphatic heterocycles. The summed E-state index contributed by atoms with van der Waals surface area (Å²) < 4.78 is 48.3. The smallest absolute Gasteiger partial charge is 0.262 e. The molecule has 0 aliphatic carbocycles. The molecule has 4 aromatic rings. The molecule has 152 valence electrons. The van der Waals surface area contributed by atoms with E-state index in [4.69, 9.17) is 4.74 Å². The first-order valence-electron chi connectivity index (χ1n) is 8.78. The highest BCUT2D eigenvalue weighted by molar-refractivity contribution is 7.92. The molecular weight excluding hydrogens is 409 g/mol. The fourth-order valence-electron chi connectivity index (χ4n) is 2.76. The summed E-state index contributed by atoms with van der Waals surface area (Å²) in [5.41, 5.74) is 0.660. The summed E-state index contributed by atoms with van der Waals surface area (Å²) in [6.45, 7) is 1.54. The second-order valence-electron chi connectivity index (χ2n) is 6.33. The van der Waals surface area contributed by atoms with Crippen molar-refractivity contribution >= 4 is 15.7 Å². The van der Waals surface area contributed by atoms with Crippen molar-refractivity contribution in [2.45, 2.75) is 11.8 Å². The van der Waals surface area contributed by atoms with E-state index in [9.17, 15) is 12.8 Å². The van der Waals surface area contributed by atoms with Crippen LogP contribution in [-0.2, 0) is 10.0 Å². The summed E-state index contributed by atoms with van der Waals surface area (Å²) in [7, 11) is -3.85. The van der Waals surface area contributed by atoms with E-state index in [1.807, 2.05) is 0 Å². The van der Waals surface area contributed by atoms with Crippen molar-refractivity contribution in [2.24, 2.45) is 0 Å². The third kappa shape index (κ3) is 4.28. The Morgan fingerprint density at radius 3 is 2.57 bits per heavy atom. The molecule has 4 rings (SSSR count). The summed E-state index contributed by atoms with van der Waals surface area (Å²) in [5, 5.41) is 0. The molecule has 0 saturated carbocycles. The molecule has 0 amide bonds. The van der Waals surface area contributed by atoms with E-state index in [1.54, 1.807) is 53.6 Å². The Kier molecular flexibility index (Phi) is 5.15. The summed E-state index contributed by atoms with van der Waals surface area (Å²) in [4.78, 5) is 12.2. The van der Waals surface area contributed by atoms with Gasteiger partial charge in [0.2, 0.25) is 5.88 Å². The minimum atomic E-state index is -3.85. The van der Waals surface area contributed by atoms with Crippen LogP contribution < -0.4 is 9.46 Å². The molecule has 0 atom stereocenters. The highest BCUT2D eigenvalue weighted by Gasteiger charge is 2.17. The molecule has 10 heteroatoms. The van der Waals surface area contributed by atoms with Gasteiger partial charge in [0.25, 0.3) is 10.0 Å². The Morgan fingerprint density at radius 2 is 1.87 bits per heavy atom. The number of halogens is 1. The van der Waals surface area contributed by atoms with Gasteiger partial charge in [-0.2, -0.15) is 0 Å². The topological polar surface area (TPSA) is 99.0 Å². The lowest BCUT2D eigenvalue weighted by atomic mass is 10.2. The van der Waals surface area contributed by atoms with Gasteiger partial charge in [0, 0.05) is 24.1 Å². The van der Waals surface area contributed by atoms with Crippen LogP contribution in [0.1, 0.15) is 5.56 Å². The maximum atomic E-state index is 13.2. The number of aromatic nitrogens is 4. The molecule has 0 spiro atoms. The van der Waals surface area contributed by atoms with Gasteiger partial charge in [-0.1, -0.05) is 0 Å². The van der Waals surface area contributed by atoms with Crippen molar-refractivity contribution in [1.29, 1.82) is 0 Å². The van der Waals surface area contributed by atoms with Gasteiger partial charge in [0.05, 0.1) is 4.90 Å². The molecule has 2 aromatic carbocycles. The Balaban J connectivity index is 1.49. The number of benzene rings is 2. The van der Waals surface area contributed by atoms with Crippen molar-refractivity contribution in [2.75, 3.05) is 4.72 Å². The number of ether oxygens (including phenoxy) is 1.